The molecular weight excluding hydrogens is 662 g/mol. The average molecular weight is 706 g/mol. The standard InChI is InChI=1S/C35H44ClNO8S2/c1-4-5-6-7-8-9-10-11-12-13-24-46(40,41)45-29-20-23-31(36)32(25-29)37-35(39)34(33(38)27-16-18-28(44-3)19-17-27)47(42,43)30-21-14-26(2)15-22-30/h14-23,25,34H,4-13,24H2,1-3H3,(H,37,39). The fraction of sp³-hybridized carbons (Fsp3) is 0.429. The Bertz CT molecular complexity index is 1690. The molecular formula is C35H44ClNO8S2. The number of Topliss-reactive ketones (excluding diaryl/α,β-unsaturated/α-hetero) is 1. The largest absolute Gasteiger partial charge is 0.497 e. The van der Waals surface area contributed by atoms with Crippen LogP contribution < -0.4 is 14.2 Å². The number of ether oxygens (including phenoxy) is 1. The Morgan fingerprint density at radius 1 is 0.766 bits per heavy atom. The van der Waals surface area contributed by atoms with E-state index in [2.05, 4.69) is 12.2 Å². The predicted octanol–water partition coefficient (Wildman–Crippen LogP) is 7.95. The number of anilines is 1. The molecule has 47 heavy (non-hydrogen) atoms. The van der Waals surface area contributed by atoms with Gasteiger partial charge in [-0.15, -0.1) is 0 Å². The summed E-state index contributed by atoms with van der Waals surface area (Å²) in [5, 5.41) is 0.220. The Balaban J connectivity index is 1.73. The maximum absolute atomic E-state index is 13.7. The van der Waals surface area contributed by atoms with Crippen LogP contribution in [0.15, 0.2) is 71.6 Å². The minimum atomic E-state index is -4.54. The van der Waals surface area contributed by atoms with Crippen molar-refractivity contribution in [1.29, 1.82) is 0 Å². The molecule has 0 saturated carbocycles. The zero-order valence-corrected chi connectivity index (χ0v) is 29.6. The minimum absolute atomic E-state index is 0.0128. The van der Waals surface area contributed by atoms with Gasteiger partial charge in [-0.3, -0.25) is 9.59 Å². The fourth-order valence-electron chi connectivity index (χ4n) is 4.98. The molecule has 0 aliphatic carbocycles. The highest BCUT2D eigenvalue weighted by molar-refractivity contribution is 7.93. The second-order valence-electron chi connectivity index (χ2n) is 11.5. The summed E-state index contributed by atoms with van der Waals surface area (Å²) in [6.07, 6.45) is 10.5. The zero-order valence-electron chi connectivity index (χ0n) is 27.2. The van der Waals surface area contributed by atoms with Gasteiger partial charge in [0.1, 0.15) is 11.5 Å². The van der Waals surface area contributed by atoms with E-state index in [1.807, 2.05) is 0 Å². The van der Waals surface area contributed by atoms with Gasteiger partial charge < -0.3 is 14.2 Å². The number of ketones is 1. The average Bonchev–Trinajstić information content (AvgIpc) is 3.03. The van der Waals surface area contributed by atoms with Crippen molar-refractivity contribution in [3.8, 4) is 11.5 Å². The molecule has 12 heteroatoms. The summed E-state index contributed by atoms with van der Waals surface area (Å²) >= 11 is 6.31. The van der Waals surface area contributed by atoms with E-state index in [-0.39, 0.29) is 32.7 Å². The van der Waals surface area contributed by atoms with E-state index in [4.69, 9.17) is 20.5 Å². The molecule has 3 rings (SSSR count). The number of nitrogens with one attached hydrogen (secondary N) is 1. The summed E-state index contributed by atoms with van der Waals surface area (Å²) in [5.74, 6) is -1.99. The summed E-state index contributed by atoms with van der Waals surface area (Å²) in [6.45, 7) is 3.96. The van der Waals surface area contributed by atoms with E-state index in [0.29, 0.717) is 12.2 Å². The van der Waals surface area contributed by atoms with Crippen LogP contribution in [0.25, 0.3) is 0 Å². The minimum Gasteiger partial charge on any atom is -0.497 e. The third-order valence-corrected chi connectivity index (χ3v) is 11.2. The van der Waals surface area contributed by atoms with E-state index in [0.717, 1.165) is 31.2 Å². The van der Waals surface area contributed by atoms with E-state index < -0.39 is 36.9 Å². The Labute approximate surface area is 284 Å². The summed E-state index contributed by atoms with van der Waals surface area (Å²) in [5.41, 5.74) is 0.649. The van der Waals surface area contributed by atoms with Gasteiger partial charge in [-0.1, -0.05) is 94.0 Å². The Morgan fingerprint density at radius 3 is 1.89 bits per heavy atom. The number of hydrogen-bond donors (Lipinski definition) is 1. The quantitative estimate of drug-likeness (QED) is 0.0542. The molecule has 3 aromatic carbocycles. The normalized spacial score (nSPS) is 12.3. The van der Waals surface area contributed by atoms with Crippen LogP contribution in [0.3, 0.4) is 0 Å². The molecule has 1 unspecified atom stereocenters. The van der Waals surface area contributed by atoms with Gasteiger partial charge in [-0.05, 0) is 61.9 Å². The van der Waals surface area contributed by atoms with Crippen molar-refractivity contribution in [3.05, 3.63) is 82.9 Å². The summed E-state index contributed by atoms with van der Waals surface area (Å²) < 4.78 is 63.3. The van der Waals surface area contributed by atoms with E-state index in [9.17, 15) is 26.4 Å². The maximum Gasteiger partial charge on any atom is 0.309 e. The number of unbranched alkanes of at least 4 members (excludes halogenated alkanes) is 9. The number of amides is 1. The molecule has 3 aromatic rings. The van der Waals surface area contributed by atoms with E-state index in [1.165, 1.54) is 93.8 Å². The molecule has 0 fully saturated rings. The zero-order chi connectivity index (χ0) is 34.5. The van der Waals surface area contributed by atoms with Gasteiger partial charge in [0.15, 0.2) is 15.6 Å². The smallest absolute Gasteiger partial charge is 0.309 e. The van der Waals surface area contributed by atoms with Crippen molar-refractivity contribution in [3.63, 3.8) is 0 Å². The number of halogens is 1. The van der Waals surface area contributed by atoms with Gasteiger partial charge in [0.25, 0.3) is 5.91 Å². The molecule has 0 radical (unpaired) electrons. The molecule has 1 atom stereocenters. The lowest BCUT2D eigenvalue weighted by Crippen LogP contribution is -2.41. The highest BCUT2D eigenvalue weighted by atomic mass is 35.5. The topological polar surface area (TPSA) is 133 Å². The lowest BCUT2D eigenvalue weighted by atomic mass is 10.1. The van der Waals surface area contributed by atoms with Gasteiger partial charge in [0.2, 0.25) is 5.25 Å². The van der Waals surface area contributed by atoms with Crippen LogP contribution in [0.2, 0.25) is 5.02 Å². The van der Waals surface area contributed by atoms with Crippen LogP contribution in [0.4, 0.5) is 5.69 Å². The molecule has 0 saturated heterocycles. The van der Waals surface area contributed by atoms with Gasteiger partial charge in [0, 0.05) is 11.6 Å². The summed E-state index contributed by atoms with van der Waals surface area (Å²) in [4.78, 5) is 27.1. The molecule has 9 nitrogen and oxygen atoms in total. The third-order valence-electron chi connectivity index (χ3n) is 7.68. The van der Waals surface area contributed by atoms with Crippen LogP contribution in [-0.2, 0) is 24.7 Å². The van der Waals surface area contributed by atoms with Crippen molar-refractivity contribution >= 4 is 48.9 Å². The van der Waals surface area contributed by atoms with Gasteiger partial charge in [0.05, 0.1) is 28.5 Å². The Kier molecular flexibility index (Phi) is 14.7. The van der Waals surface area contributed by atoms with Crippen molar-refractivity contribution < 1.29 is 35.3 Å². The van der Waals surface area contributed by atoms with Crippen molar-refractivity contribution in [1.82, 2.24) is 0 Å². The number of aryl methyl sites for hydroxylation is 1. The number of methoxy groups -OCH3 is 1. The number of sulfone groups is 1. The Hall–Kier alpha value is -3.41. The highest BCUT2D eigenvalue weighted by Gasteiger charge is 2.41. The number of rotatable bonds is 20. The van der Waals surface area contributed by atoms with Crippen LogP contribution in [0.5, 0.6) is 11.5 Å². The van der Waals surface area contributed by atoms with Crippen molar-refractivity contribution in [2.75, 3.05) is 18.2 Å². The molecule has 0 bridgehead atoms. The first-order valence-corrected chi connectivity index (χ1v) is 19.4. The SMILES string of the molecule is CCCCCCCCCCCCS(=O)(=O)Oc1ccc(Cl)c(NC(=O)C(C(=O)c2ccc(OC)cc2)S(=O)(=O)c2ccc(C)cc2)c1. The van der Waals surface area contributed by atoms with Crippen LogP contribution in [0, 0.1) is 6.92 Å². The summed E-state index contributed by atoms with van der Waals surface area (Å²) in [6, 6.07) is 15.3. The van der Waals surface area contributed by atoms with Crippen molar-refractivity contribution in [2.24, 2.45) is 0 Å². The maximum atomic E-state index is 13.7. The molecule has 0 heterocycles. The number of benzene rings is 3. The molecule has 1 N–H and O–H groups in total. The monoisotopic (exact) mass is 705 g/mol. The van der Waals surface area contributed by atoms with Gasteiger partial charge in [-0.25, -0.2) is 8.42 Å². The first kappa shape index (κ1) is 38.0. The first-order valence-electron chi connectivity index (χ1n) is 15.9. The van der Waals surface area contributed by atoms with E-state index in [1.54, 1.807) is 19.1 Å². The number of carbonyl (C=O) groups is 2. The summed E-state index contributed by atoms with van der Waals surface area (Å²) in [7, 11) is -7.05. The molecule has 0 aliphatic heterocycles. The van der Waals surface area contributed by atoms with E-state index >= 15 is 0 Å². The van der Waals surface area contributed by atoms with Gasteiger partial charge >= 0.3 is 10.1 Å². The second kappa shape index (κ2) is 18.2. The van der Waals surface area contributed by atoms with Crippen molar-refractivity contribution in [2.45, 2.75) is 88.2 Å². The Morgan fingerprint density at radius 2 is 1.32 bits per heavy atom. The lowest BCUT2D eigenvalue weighted by molar-refractivity contribution is -0.115. The first-order chi connectivity index (χ1) is 22.4. The molecule has 0 aromatic heterocycles. The fourth-order valence-corrected chi connectivity index (χ4v) is 7.73. The third kappa shape index (κ3) is 11.7. The number of carbonyl (C=O) groups excluding carboxylic acids is 2. The second-order valence-corrected chi connectivity index (χ2v) is 15.6. The molecule has 256 valence electrons. The van der Waals surface area contributed by atoms with Crippen LogP contribution >= 0.6 is 11.6 Å². The molecule has 1 amide bonds. The molecule has 0 spiro atoms. The van der Waals surface area contributed by atoms with Gasteiger partial charge in [-0.2, -0.15) is 8.42 Å². The lowest BCUT2D eigenvalue weighted by Gasteiger charge is -2.18. The predicted molar refractivity (Wildman–Crippen MR) is 186 cm³/mol. The molecule has 0 aliphatic rings. The van der Waals surface area contributed by atoms with Crippen LogP contribution in [-0.4, -0.2) is 46.6 Å². The highest BCUT2D eigenvalue weighted by Crippen LogP contribution is 2.30. The van der Waals surface area contributed by atoms with Crippen LogP contribution in [0.1, 0.15) is 87.1 Å². The number of hydrogen-bond acceptors (Lipinski definition) is 8.